The van der Waals surface area contributed by atoms with Gasteiger partial charge in [-0.3, -0.25) is 13.9 Å². The monoisotopic (exact) mass is 822 g/mol. The van der Waals surface area contributed by atoms with Crippen molar-refractivity contribution in [3.05, 3.63) is 42.1 Å². The molecule has 0 radical (unpaired) electrons. The van der Waals surface area contributed by atoms with E-state index >= 15 is 0 Å². The number of likely N-dealkylation sites (tertiary alicyclic amines) is 1. The number of rotatable bonds is 10. The van der Waals surface area contributed by atoms with Gasteiger partial charge in [0.25, 0.3) is 26.1 Å². The molecule has 2 aromatic rings. The largest absolute Gasteiger partial charge is 0.451 e. The standard InChI is InChI=1S/C32H47FN6O4S.2CH4O3S/c1-22(2)39(23(3)4)31(40)27-16-25(33)8-11-28(27)43-29-17-34-21-35-30(29)38-19-32(20-38)12-14-37(15-13-32)18-24-6-9-26(10-7-24)36-44(5,41)42;2*1-5(2,3)4/h8,11,16-17,21-24,26,36H,6-7,9-10,12-15,18-20H2,1-5H3;2*1H3,(H,2,3,4). The molecule has 1 spiro atoms. The lowest BCUT2D eigenvalue weighted by atomic mass is 9.71. The van der Waals surface area contributed by atoms with E-state index in [4.69, 9.17) is 13.8 Å². The van der Waals surface area contributed by atoms with Crippen LogP contribution in [0.4, 0.5) is 10.2 Å². The van der Waals surface area contributed by atoms with Crippen LogP contribution in [0.5, 0.6) is 11.5 Å². The Morgan fingerprint density at radius 3 is 1.98 bits per heavy atom. The first-order valence-electron chi connectivity index (χ1n) is 17.7. The lowest BCUT2D eigenvalue weighted by molar-refractivity contribution is 0.0618. The Labute approximate surface area is 319 Å². The number of ether oxygens (including phenoxy) is 1. The van der Waals surface area contributed by atoms with E-state index < -0.39 is 36.1 Å². The third-order valence-corrected chi connectivity index (χ3v) is 10.2. The first kappa shape index (κ1) is 45.4. The van der Waals surface area contributed by atoms with Gasteiger partial charge in [-0.25, -0.2) is 27.5 Å². The molecule has 0 atom stereocenters. The number of halogens is 1. The number of carbonyl (C=O) groups is 1. The number of sulfonamides is 1. The highest BCUT2D eigenvalue weighted by atomic mass is 32.2. The van der Waals surface area contributed by atoms with E-state index in [1.165, 1.54) is 30.8 Å². The zero-order chi connectivity index (χ0) is 40.6. The van der Waals surface area contributed by atoms with Gasteiger partial charge >= 0.3 is 0 Å². The maximum atomic E-state index is 14.3. The molecule has 2 aliphatic heterocycles. The Kier molecular flexibility index (Phi) is 15.8. The minimum absolute atomic E-state index is 0.0582. The van der Waals surface area contributed by atoms with Crippen LogP contribution in [0, 0.1) is 17.2 Å². The van der Waals surface area contributed by atoms with Crippen molar-refractivity contribution in [2.45, 2.75) is 84.3 Å². The highest BCUT2D eigenvalue weighted by molar-refractivity contribution is 7.88. The van der Waals surface area contributed by atoms with Crippen molar-refractivity contribution in [2.24, 2.45) is 11.3 Å². The van der Waals surface area contributed by atoms with Crippen molar-refractivity contribution in [2.75, 3.05) is 56.4 Å². The number of carbonyl (C=O) groups excluding carboxylic acids is 1. The van der Waals surface area contributed by atoms with E-state index in [1.54, 1.807) is 11.1 Å². The molecule has 54 heavy (non-hydrogen) atoms. The number of aromatic nitrogens is 2. The Morgan fingerprint density at radius 1 is 0.944 bits per heavy atom. The third-order valence-electron chi connectivity index (χ3n) is 9.41. The summed E-state index contributed by atoms with van der Waals surface area (Å²) in [5.74, 6) is 1.25. The highest BCUT2D eigenvalue weighted by Gasteiger charge is 2.46. The summed E-state index contributed by atoms with van der Waals surface area (Å²) in [5, 5.41) is 0. The summed E-state index contributed by atoms with van der Waals surface area (Å²) < 4.78 is 98.2. The molecular formula is C34H55FN6O10S3. The quantitative estimate of drug-likeness (QED) is 0.292. The van der Waals surface area contributed by atoms with Gasteiger partial charge in [-0.2, -0.15) is 16.8 Å². The van der Waals surface area contributed by atoms with Crippen molar-refractivity contribution >= 4 is 42.0 Å². The van der Waals surface area contributed by atoms with Gasteiger partial charge in [0.2, 0.25) is 10.0 Å². The van der Waals surface area contributed by atoms with Crippen molar-refractivity contribution < 1.29 is 48.3 Å². The minimum Gasteiger partial charge on any atom is -0.451 e. The molecule has 0 unspecified atom stereocenters. The first-order chi connectivity index (χ1) is 24.8. The Hall–Kier alpha value is -3.01. The molecule has 3 N–H and O–H groups in total. The molecule has 0 bridgehead atoms. The second kappa shape index (κ2) is 18.8. The van der Waals surface area contributed by atoms with Crippen molar-refractivity contribution in [3.8, 4) is 11.5 Å². The van der Waals surface area contributed by atoms with Crippen LogP contribution in [0.25, 0.3) is 0 Å². The van der Waals surface area contributed by atoms with Gasteiger partial charge in [0, 0.05) is 43.2 Å². The zero-order valence-electron chi connectivity index (χ0n) is 32.0. The average Bonchev–Trinajstić information content (AvgIpc) is 3.00. The van der Waals surface area contributed by atoms with Gasteiger partial charge in [-0.15, -0.1) is 0 Å². The summed E-state index contributed by atoms with van der Waals surface area (Å²) in [5.41, 5.74) is 0.414. The minimum atomic E-state index is -3.67. The fraction of sp³-hybridized carbons (Fsp3) is 0.676. The number of nitrogens with one attached hydrogen (secondary N) is 1. The molecule has 2 saturated heterocycles. The third kappa shape index (κ3) is 15.3. The summed E-state index contributed by atoms with van der Waals surface area (Å²) >= 11 is 0. The zero-order valence-corrected chi connectivity index (χ0v) is 34.4. The number of piperidine rings is 1. The van der Waals surface area contributed by atoms with Gasteiger partial charge in [0.05, 0.1) is 30.5 Å². The molecular weight excluding hydrogens is 768 g/mol. The number of anilines is 1. The van der Waals surface area contributed by atoms with Gasteiger partial charge in [-0.05, 0) is 103 Å². The van der Waals surface area contributed by atoms with Crippen molar-refractivity contribution in [1.29, 1.82) is 0 Å². The molecule has 3 heterocycles. The number of hydrogen-bond donors (Lipinski definition) is 3. The van der Waals surface area contributed by atoms with Crippen LogP contribution in [0.15, 0.2) is 30.7 Å². The maximum absolute atomic E-state index is 14.3. The van der Waals surface area contributed by atoms with Gasteiger partial charge in [0.15, 0.2) is 11.6 Å². The Morgan fingerprint density at radius 2 is 1.48 bits per heavy atom. The molecule has 1 saturated carbocycles. The Bertz CT molecular complexity index is 1840. The van der Waals surface area contributed by atoms with Crippen molar-refractivity contribution in [1.82, 2.24) is 24.5 Å². The van der Waals surface area contributed by atoms with Gasteiger partial charge in [0.1, 0.15) is 17.9 Å². The number of benzene rings is 1. The summed E-state index contributed by atoms with van der Waals surface area (Å²) in [6.45, 7) is 12.7. The normalized spacial score (nSPS) is 20.3. The predicted octanol–water partition coefficient (Wildman–Crippen LogP) is 3.69. The molecule has 1 amide bonds. The molecule has 1 aliphatic carbocycles. The van der Waals surface area contributed by atoms with E-state index in [-0.39, 0.29) is 40.8 Å². The molecule has 306 valence electrons. The summed E-state index contributed by atoms with van der Waals surface area (Å²) in [6.07, 6.45) is 12.0. The number of amides is 1. The Balaban J connectivity index is 0.000000695. The lowest BCUT2D eigenvalue weighted by Crippen LogP contribution is -2.61. The molecule has 3 fully saturated rings. The van der Waals surface area contributed by atoms with Crippen LogP contribution in [-0.4, -0.2) is 130 Å². The SMILES string of the molecule is CC(C)N(C(=O)c1cc(F)ccc1Oc1cncnc1N1CC2(CCN(CC3CCC(NS(C)(=O)=O)CC3)CC2)C1)C(C)C.CS(=O)(=O)O.CS(=O)(=O)O. The van der Waals surface area contributed by atoms with E-state index in [1.807, 2.05) is 27.7 Å². The summed E-state index contributed by atoms with van der Waals surface area (Å²) in [7, 11) is -10.5. The van der Waals surface area contributed by atoms with Crippen LogP contribution >= 0.6 is 0 Å². The average molecular weight is 823 g/mol. The number of hydrogen-bond acceptors (Lipinski definition) is 12. The van der Waals surface area contributed by atoms with Crippen LogP contribution in [0.1, 0.15) is 76.6 Å². The first-order valence-corrected chi connectivity index (χ1v) is 23.3. The molecule has 1 aromatic heterocycles. The summed E-state index contributed by atoms with van der Waals surface area (Å²) in [4.78, 5) is 28.7. The number of nitrogens with zero attached hydrogens (tertiary/aromatic N) is 5. The van der Waals surface area contributed by atoms with E-state index in [0.717, 1.165) is 71.2 Å². The van der Waals surface area contributed by atoms with Gasteiger partial charge < -0.3 is 19.4 Å². The fourth-order valence-electron chi connectivity index (χ4n) is 7.27. The van der Waals surface area contributed by atoms with Crippen molar-refractivity contribution in [3.63, 3.8) is 0 Å². The highest BCUT2D eigenvalue weighted by Crippen LogP contribution is 2.45. The molecule has 16 nitrogen and oxygen atoms in total. The molecule has 20 heteroatoms. The molecule has 1 aromatic carbocycles. The maximum Gasteiger partial charge on any atom is 0.261 e. The molecule has 5 rings (SSSR count). The fourth-order valence-corrected chi connectivity index (χ4v) is 8.11. The van der Waals surface area contributed by atoms with Crippen LogP contribution in [0.3, 0.4) is 0 Å². The van der Waals surface area contributed by atoms with Gasteiger partial charge in [-0.1, -0.05) is 0 Å². The lowest BCUT2D eigenvalue weighted by Gasteiger charge is -2.54. The van der Waals surface area contributed by atoms with E-state index in [0.29, 0.717) is 30.0 Å². The van der Waals surface area contributed by atoms with E-state index in [2.05, 4.69) is 24.5 Å². The van der Waals surface area contributed by atoms with E-state index in [9.17, 15) is 34.4 Å². The van der Waals surface area contributed by atoms with Crippen LogP contribution < -0.4 is 14.4 Å². The second-order valence-electron chi connectivity index (χ2n) is 15.1. The second-order valence-corrected chi connectivity index (χ2v) is 19.8. The van der Waals surface area contributed by atoms with Crippen LogP contribution in [-0.2, 0) is 30.3 Å². The smallest absolute Gasteiger partial charge is 0.261 e. The van der Waals surface area contributed by atoms with Crippen LogP contribution in [0.2, 0.25) is 0 Å². The topological polar surface area (TPSA) is 217 Å². The summed E-state index contributed by atoms with van der Waals surface area (Å²) in [6, 6.07) is 4.00. The molecule has 3 aliphatic rings. The predicted molar refractivity (Wildman–Crippen MR) is 204 cm³/mol.